The van der Waals surface area contributed by atoms with Crippen molar-refractivity contribution in [2.24, 2.45) is 4.99 Å². The number of aromatic nitrogens is 1. The Kier molecular flexibility index (Phi) is 9.24. The standard InChI is InChI=1S/C30H34N2O6S/c1-6-9-23-26(29(34)37-8-3)27(22-18-21(35-4)14-15-24(22)36-5)32-28(33)25(39-30(32)31-23)17-19-10-12-20(13-11-19)38-16-7-2/h10-15,17-18,27H,6-9,16H2,1-5H3/b25-17+/t27-/m0/s1. The average Bonchev–Trinajstić information content (AvgIpc) is 3.26. The number of thiazole rings is 1. The molecule has 0 radical (unpaired) electrons. The highest BCUT2D eigenvalue weighted by Gasteiger charge is 2.36. The molecule has 3 aromatic rings. The Labute approximate surface area is 231 Å². The summed E-state index contributed by atoms with van der Waals surface area (Å²) in [6, 6.07) is 12.2. The molecular formula is C30H34N2O6S. The Hall–Kier alpha value is -3.85. The molecule has 1 aromatic heterocycles. The zero-order chi connectivity index (χ0) is 27.9. The first kappa shape index (κ1) is 28.2. The van der Waals surface area contributed by atoms with Crippen LogP contribution in [0.1, 0.15) is 57.2 Å². The summed E-state index contributed by atoms with van der Waals surface area (Å²) in [5.74, 6) is 1.38. The van der Waals surface area contributed by atoms with Crippen molar-refractivity contribution in [3.63, 3.8) is 0 Å². The van der Waals surface area contributed by atoms with Gasteiger partial charge in [0.15, 0.2) is 4.80 Å². The first-order valence-corrected chi connectivity index (χ1v) is 13.9. The van der Waals surface area contributed by atoms with E-state index in [4.69, 9.17) is 23.9 Å². The van der Waals surface area contributed by atoms with Crippen LogP contribution in [-0.4, -0.2) is 38.0 Å². The predicted octanol–water partition coefficient (Wildman–Crippen LogP) is 4.38. The molecule has 0 bridgehead atoms. The molecule has 0 spiro atoms. The number of hydrogen-bond acceptors (Lipinski definition) is 8. The van der Waals surface area contributed by atoms with Gasteiger partial charge in [0, 0.05) is 5.56 Å². The van der Waals surface area contributed by atoms with Gasteiger partial charge in [0.25, 0.3) is 5.56 Å². The van der Waals surface area contributed by atoms with Crippen LogP contribution in [0.5, 0.6) is 17.2 Å². The van der Waals surface area contributed by atoms with Crippen LogP contribution in [0.15, 0.2) is 63.5 Å². The molecule has 0 saturated carbocycles. The lowest BCUT2D eigenvalue weighted by atomic mass is 9.93. The smallest absolute Gasteiger partial charge is 0.338 e. The van der Waals surface area contributed by atoms with Crippen LogP contribution >= 0.6 is 11.3 Å². The normalized spacial score (nSPS) is 15.0. The molecule has 0 saturated heterocycles. The first-order chi connectivity index (χ1) is 18.9. The van der Waals surface area contributed by atoms with E-state index in [0.717, 1.165) is 24.2 Å². The minimum Gasteiger partial charge on any atom is -0.497 e. The number of fused-ring (bicyclic) bond motifs is 1. The Morgan fingerprint density at radius 2 is 1.77 bits per heavy atom. The Bertz CT molecular complexity index is 1530. The van der Waals surface area contributed by atoms with Crippen molar-refractivity contribution in [1.82, 2.24) is 4.57 Å². The fourth-order valence-electron chi connectivity index (χ4n) is 4.50. The summed E-state index contributed by atoms with van der Waals surface area (Å²) >= 11 is 1.29. The van der Waals surface area contributed by atoms with Crippen LogP contribution in [0.25, 0.3) is 6.08 Å². The molecule has 0 aliphatic carbocycles. The van der Waals surface area contributed by atoms with E-state index in [9.17, 15) is 9.59 Å². The van der Waals surface area contributed by atoms with Crippen molar-refractivity contribution in [1.29, 1.82) is 0 Å². The van der Waals surface area contributed by atoms with Gasteiger partial charge in [-0.25, -0.2) is 9.79 Å². The third kappa shape index (κ3) is 5.93. The van der Waals surface area contributed by atoms with Crippen LogP contribution in [0, 0.1) is 0 Å². The SMILES string of the molecule is CCCOc1ccc(/C=c2/sc3n(c2=O)[C@@H](c2cc(OC)ccc2OC)C(C(=O)OCC)=C(CCC)N=3)cc1. The molecule has 0 unspecified atom stereocenters. The van der Waals surface area contributed by atoms with Gasteiger partial charge in [-0.05, 0) is 61.7 Å². The Morgan fingerprint density at radius 1 is 1.03 bits per heavy atom. The molecule has 39 heavy (non-hydrogen) atoms. The third-order valence-electron chi connectivity index (χ3n) is 6.27. The summed E-state index contributed by atoms with van der Waals surface area (Å²) < 4.78 is 24.4. The van der Waals surface area contributed by atoms with E-state index in [0.29, 0.717) is 50.7 Å². The minimum absolute atomic E-state index is 0.200. The molecule has 2 aromatic carbocycles. The molecule has 8 nitrogen and oxygen atoms in total. The van der Waals surface area contributed by atoms with Gasteiger partial charge in [-0.2, -0.15) is 0 Å². The highest BCUT2D eigenvalue weighted by molar-refractivity contribution is 7.07. The van der Waals surface area contributed by atoms with E-state index in [1.807, 2.05) is 37.3 Å². The summed E-state index contributed by atoms with van der Waals surface area (Å²) in [6.45, 7) is 6.69. The number of benzene rings is 2. The lowest BCUT2D eigenvalue weighted by molar-refractivity contribution is -0.139. The highest BCUT2D eigenvalue weighted by Crippen LogP contribution is 2.38. The summed E-state index contributed by atoms with van der Waals surface area (Å²) in [5.41, 5.74) is 2.17. The second-order valence-corrected chi connectivity index (χ2v) is 9.95. The molecule has 4 rings (SSSR count). The van der Waals surface area contributed by atoms with Crippen LogP contribution in [0.3, 0.4) is 0 Å². The maximum Gasteiger partial charge on any atom is 0.338 e. The third-order valence-corrected chi connectivity index (χ3v) is 7.26. The van der Waals surface area contributed by atoms with E-state index < -0.39 is 12.0 Å². The lowest BCUT2D eigenvalue weighted by Crippen LogP contribution is -2.40. The Morgan fingerprint density at radius 3 is 2.41 bits per heavy atom. The number of hydrogen-bond donors (Lipinski definition) is 0. The second kappa shape index (κ2) is 12.8. The van der Waals surface area contributed by atoms with Crippen LogP contribution in [0.2, 0.25) is 0 Å². The fourth-order valence-corrected chi connectivity index (χ4v) is 5.52. The minimum atomic E-state index is -0.793. The van der Waals surface area contributed by atoms with Crippen molar-refractivity contribution in [3.8, 4) is 17.2 Å². The van der Waals surface area contributed by atoms with Crippen LogP contribution < -0.4 is 29.1 Å². The molecule has 1 aliphatic heterocycles. The number of rotatable bonds is 11. The van der Waals surface area contributed by atoms with E-state index in [2.05, 4.69) is 6.92 Å². The largest absolute Gasteiger partial charge is 0.497 e. The van der Waals surface area contributed by atoms with E-state index in [-0.39, 0.29) is 12.2 Å². The number of allylic oxidation sites excluding steroid dienone is 1. The molecule has 206 valence electrons. The average molecular weight is 551 g/mol. The van der Waals surface area contributed by atoms with Crippen molar-refractivity contribution < 1.29 is 23.7 Å². The highest BCUT2D eigenvalue weighted by atomic mass is 32.1. The number of nitrogens with zero attached hydrogens (tertiary/aromatic N) is 2. The predicted molar refractivity (Wildman–Crippen MR) is 151 cm³/mol. The number of esters is 1. The molecule has 2 heterocycles. The lowest BCUT2D eigenvalue weighted by Gasteiger charge is -2.27. The maximum absolute atomic E-state index is 14.0. The van der Waals surface area contributed by atoms with Gasteiger partial charge in [0.1, 0.15) is 23.3 Å². The van der Waals surface area contributed by atoms with Gasteiger partial charge >= 0.3 is 5.97 Å². The zero-order valence-corrected chi connectivity index (χ0v) is 23.8. The quantitative estimate of drug-likeness (QED) is 0.329. The Balaban J connectivity index is 1.95. The number of ether oxygens (including phenoxy) is 4. The molecule has 9 heteroatoms. The summed E-state index contributed by atoms with van der Waals surface area (Å²) in [5, 5.41) is 0. The number of carbonyl (C=O) groups is 1. The topological polar surface area (TPSA) is 88.3 Å². The maximum atomic E-state index is 14.0. The van der Waals surface area contributed by atoms with Gasteiger partial charge in [-0.15, -0.1) is 0 Å². The molecule has 1 atom stereocenters. The van der Waals surface area contributed by atoms with Crippen molar-refractivity contribution in [3.05, 3.63) is 84.5 Å². The van der Waals surface area contributed by atoms with Crippen LogP contribution in [0.4, 0.5) is 0 Å². The van der Waals surface area contributed by atoms with E-state index >= 15 is 0 Å². The first-order valence-electron chi connectivity index (χ1n) is 13.1. The monoisotopic (exact) mass is 550 g/mol. The number of methoxy groups -OCH3 is 2. The van der Waals surface area contributed by atoms with Crippen molar-refractivity contribution in [2.75, 3.05) is 27.4 Å². The van der Waals surface area contributed by atoms with E-state index in [1.54, 1.807) is 43.9 Å². The van der Waals surface area contributed by atoms with Gasteiger partial charge in [-0.3, -0.25) is 9.36 Å². The number of carbonyl (C=O) groups excluding carboxylic acids is 1. The molecule has 0 amide bonds. The molecule has 0 fully saturated rings. The van der Waals surface area contributed by atoms with Gasteiger partial charge in [0.05, 0.1) is 43.2 Å². The van der Waals surface area contributed by atoms with Crippen molar-refractivity contribution >= 4 is 23.4 Å². The van der Waals surface area contributed by atoms with Crippen LogP contribution in [-0.2, 0) is 9.53 Å². The summed E-state index contributed by atoms with van der Waals surface area (Å²) in [4.78, 5) is 32.7. The van der Waals surface area contributed by atoms with E-state index in [1.165, 1.54) is 11.3 Å². The summed E-state index contributed by atoms with van der Waals surface area (Å²) in [6.07, 6.45) is 4.09. The zero-order valence-electron chi connectivity index (χ0n) is 23.0. The molecule has 1 aliphatic rings. The molecular weight excluding hydrogens is 516 g/mol. The van der Waals surface area contributed by atoms with Gasteiger partial charge in [0.2, 0.25) is 0 Å². The van der Waals surface area contributed by atoms with Gasteiger partial charge < -0.3 is 18.9 Å². The fraction of sp³-hybridized carbons (Fsp3) is 0.367. The summed E-state index contributed by atoms with van der Waals surface area (Å²) in [7, 11) is 3.13. The van der Waals surface area contributed by atoms with Gasteiger partial charge in [-0.1, -0.05) is 43.7 Å². The second-order valence-electron chi connectivity index (χ2n) is 8.94. The molecule has 0 N–H and O–H groups in total. The van der Waals surface area contributed by atoms with Crippen molar-refractivity contribution in [2.45, 2.75) is 46.1 Å².